The van der Waals surface area contributed by atoms with Crippen molar-refractivity contribution < 1.29 is 34.8 Å². The van der Waals surface area contributed by atoms with Crippen LogP contribution < -0.4 is 19.9 Å². The lowest BCUT2D eigenvalue weighted by Crippen LogP contribution is -2.53. The van der Waals surface area contributed by atoms with Crippen LogP contribution in [0, 0.1) is 17.8 Å². The van der Waals surface area contributed by atoms with Crippen LogP contribution in [0.2, 0.25) is 0 Å². The molecule has 5 atom stereocenters. The van der Waals surface area contributed by atoms with Crippen LogP contribution in [-0.2, 0) is 23.8 Å². The number of epoxide rings is 1. The Morgan fingerprint density at radius 2 is 1.89 bits per heavy atom. The first-order valence-corrected chi connectivity index (χ1v) is 17.0. The molecule has 0 spiro atoms. The molecule has 4 aliphatic rings. The molecule has 3 amide bonds. The molecular weight excluding hydrogens is 588 g/mol. The molecule has 0 aromatic heterocycles. The first kappa shape index (κ1) is 34.3. The van der Waals surface area contributed by atoms with Crippen LogP contribution in [-0.4, -0.2) is 91.8 Å². The second-order valence-electron chi connectivity index (χ2n) is 15.3. The fourth-order valence-electron chi connectivity index (χ4n) is 6.46. The van der Waals surface area contributed by atoms with E-state index in [4.69, 9.17) is 18.9 Å². The van der Waals surface area contributed by atoms with Gasteiger partial charge in [-0.25, -0.2) is 4.79 Å². The van der Waals surface area contributed by atoms with Crippen LogP contribution in [0.4, 0.5) is 16.2 Å². The van der Waals surface area contributed by atoms with Gasteiger partial charge in [0.05, 0.1) is 11.6 Å². The number of carbonyl (C=O) groups excluding carboxylic acids is 3. The summed E-state index contributed by atoms with van der Waals surface area (Å²) in [5, 5.41) is 3.16. The van der Waals surface area contributed by atoms with Gasteiger partial charge in [-0.15, -0.1) is 0 Å². The minimum atomic E-state index is -0.959. The van der Waals surface area contributed by atoms with Gasteiger partial charge in [0.15, 0.2) is 11.8 Å². The molecule has 2 unspecified atom stereocenters. The van der Waals surface area contributed by atoms with Crippen LogP contribution in [0.15, 0.2) is 18.2 Å². The number of anilines is 2. The number of rotatable bonds is 11. The molecule has 1 aromatic rings. The maximum Gasteiger partial charge on any atom is 0.410 e. The Kier molecular flexibility index (Phi) is 9.85. The van der Waals surface area contributed by atoms with Crippen molar-refractivity contribution in [3.05, 3.63) is 18.2 Å². The lowest BCUT2D eigenvalue weighted by atomic mass is 9.85. The molecule has 11 nitrogen and oxygen atoms in total. The lowest BCUT2D eigenvalue weighted by Gasteiger charge is -2.39. The molecule has 1 N–H and O–H groups in total. The van der Waals surface area contributed by atoms with Crippen LogP contribution >= 0.6 is 0 Å². The zero-order valence-corrected chi connectivity index (χ0v) is 29.1. The topological polar surface area (TPSA) is 113 Å². The average molecular weight is 645 g/mol. The van der Waals surface area contributed by atoms with E-state index < -0.39 is 17.3 Å². The van der Waals surface area contributed by atoms with Gasteiger partial charge in [-0.05, 0) is 91.3 Å². The number of nitrogens with zero attached hydrogens (tertiary/aromatic N) is 3. The highest BCUT2D eigenvalue weighted by Crippen LogP contribution is 2.48. The third-order valence-corrected chi connectivity index (χ3v) is 9.44. The molecular formula is C35H56N4O7. The maximum absolute atomic E-state index is 13.5. The molecule has 3 fully saturated rings. The van der Waals surface area contributed by atoms with E-state index in [1.165, 1.54) is 0 Å². The normalized spacial score (nSPS) is 26.3. The molecule has 1 aromatic carbocycles. The van der Waals surface area contributed by atoms with E-state index in [0.717, 1.165) is 24.2 Å². The molecule has 3 heterocycles. The summed E-state index contributed by atoms with van der Waals surface area (Å²) in [7, 11) is 1.66. The summed E-state index contributed by atoms with van der Waals surface area (Å²) in [5.41, 5.74) is 0.130. The Morgan fingerprint density at radius 1 is 1.17 bits per heavy atom. The zero-order chi connectivity index (χ0) is 33.6. The number of hydrogen-bond acceptors (Lipinski definition) is 8. The number of methoxy groups -OCH3 is 1. The Morgan fingerprint density at radius 3 is 2.52 bits per heavy atom. The Hall–Kier alpha value is -3.05. The average Bonchev–Trinajstić information content (AvgIpc) is 3.91. The van der Waals surface area contributed by atoms with Gasteiger partial charge in [0.25, 0.3) is 5.91 Å². The van der Waals surface area contributed by atoms with Gasteiger partial charge in [-0.3, -0.25) is 9.59 Å². The van der Waals surface area contributed by atoms with Crippen molar-refractivity contribution in [1.29, 1.82) is 0 Å². The molecule has 0 bridgehead atoms. The summed E-state index contributed by atoms with van der Waals surface area (Å²) in [6, 6.07) is 6.40. The summed E-state index contributed by atoms with van der Waals surface area (Å²) >= 11 is 0. The summed E-state index contributed by atoms with van der Waals surface area (Å²) in [6.07, 6.45) is 2.71. The number of nitrogens with one attached hydrogen (secondary N) is 1. The second-order valence-corrected chi connectivity index (χ2v) is 15.3. The molecule has 11 heteroatoms. The fraction of sp³-hybridized carbons (Fsp3) is 0.743. The summed E-state index contributed by atoms with van der Waals surface area (Å²) in [4.78, 5) is 46.0. The molecule has 5 rings (SSSR count). The van der Waals surface area contributed by atoms with E-state index in [-0.39, 0.29) is 43.5 Å². The van der Waals surface area contributed by atoms with Gasteiger partial charge in [0.1, 0.15) is 17.5 Å². The lowest BCUT2D eigenvalue weighted by molar-refractivity contribution is -0.132. The highest BCUT2D eigenvalue weighted by atomic mass is 16.6. The first-order chi connectivity index (χ1) is 21.6. The van der Waals surface area contributed by atoms with E-state index in [2.05, 4.69) is 24.1 Å². The van der Waals surface area contributed by atoms with Crippen molar-refractivity contribution in [3.63, 3.8) is 0 Å². The fourth-order valence-corrected chi connectivity index (χ4v) is 6.46. The highest BCUT2D eigenvalue weighted by molar-refractivity contribution is 6.02. The molecule has 1 aliphatic carbocycles. The number of piperidine rings is 1. The van der Waals surface area contributed by atoms with Crippen molar-refractivity contribution in [1.82, 2.24) is 10.2 Å². The van der Waals surface area contributed by atoms with E-state index >= 15 is 0 Å². The third-order valence-electron chi connectivity index (χ3n) is 9.44. The largest absolute Gasteiger partial charge is 0.476 e. The monoisotopic (exact) mass is 644 g/mol. The minimum absolute atomic E-state index is 0. The van der Waals surface area contributed by atoms with Gasteiger partial charge < -0.3 is 39.0 Å². The predicted molar refractivity (Wildman–Crippen MR) is 178 cm³/mol. The minimum Gasteiger partial charge on any atom is -0.476 e. The van der Waals surface area contributed by atoms with Gasteiger partial charge in [0.2, 0.25) is 5.91 Å². The Labute approximate surface area is 275 Å². The molecule has 258 valence electrons. The molecule has 46 heavy (non-hydrogen) atoms. The van der Waals surface area contributed by atoms with Gasteiger partial charge in [0, 0.05) is 58.5 Å². The predicted octanol–water partition coefficient (Wildman–Crippen LogP) is 5.20. The van der Waals surface area contributed by atoms with Crippen molar-refractivity contribution in [3.8, 4) is 5.75 Å². The van der Waals surface area contributed by atoms with Gasteiger partial charge in [-0.1, -0.05) is 13.8 Å². The van der Waals surface area contributed by atoms with E-state index in [9.17, 15) is 14.4 Å². The van der Waals surface area contributed by atoms with Crippen LogP contribution in [0.1, 0.15) is 82.5 Å². The van der Waals surface area contributed by atoms with Crippen molar-refractivity contribution >= 4 is 29.3 Å². The van der Waals surface area contributed by atoms with Crippen LogP contribution in [0.25, 0.3) is 0 Å². The standard InChI is InChI=1S/C35H54N4O7.H2/c1-21(2)22(3)36-30(40)24-17-23(19-37(20-24)33(42)46-34(4,5)6)29-31(44-29)39(25-11-12-25)26-13-14-28-27(18-26)38(15-10-16-43-9)32(41)35(7,8)45-28;/h13-14,18,21-25,29,31H,10-12,15-17,19-20H2,1-9H3,(H,36,40);1H/t22-,23+,24-,29?,31?;/m0./s1. The highest BCUT2D eigenvalue weighted by Gasteiger charge is 2.55. The number of likely N-dealkylation sites (tertiary alicyclic amines) is 1. The van der Waals surface area contributed by atoms with E-state index in [0.29, 0.717) is 56.8 Å². The Bertz CT molecular complexity index is 1300. The SMILES string of the molecule is COCCCN1C(=O)C(C)(C)Oc2ccc(N(C3CC3)C3OC3[C@@H]3C[C@H](C(=O)N[C@@H](C)C(C)C)CN(C(=O)OC(C)(C)C)C3)cc21.[HH]. The number of fused-ring (bicyclic) bond motifs is 1. The number of hydrogen-bond donors (Lipinski definition) is 1. The summed E-state index contributed by atoms with van der Waals surface area (Å²) in [5.74, 6) is 0.473. The quantitative estimate of drug-likeness (QED) is 0.258. The van der Waals surface area contributed by atoms with Crippen molar-refractivity contribution in [2.45, 2.75) is 117 Å². The van der Waals surface area contributed by atoms with Gasteiger partial charge >= 0.3 is 6.09 Å². The first-order valence-electron chi connectivity index (χ1n) is 17.0. The van der Waals surface area contributed by atoms with Crippen LogP contribution in [0.5, 0.6) is 5.75 Å². The molecule has 3 aliphatic heterocycles. The number of carbonyl (C=O) groups is 3. The van der Waals surface area contributed by atoms with Gasteiger partial charge in [-0.2, -0.15) is 0 Å². The van der Waals surface area contributed by atoms with Crippen LogP contribution in [0.3, 0.4) is 0 Å². The number of benzene rings is 1. The zero-order valence-electron chi connectivity index (χ0n) is 29.1. The summed E-state index contributed by atoms with van der Waals surface area (Å²) in [6.45, 7) is 17.2. The van der Waals surface area contributed by atoms with Crippen molar-refractivity contribution in [2.75, 3.05) is 43.2 Å². The molecule has 2 saturated heterocycles. The summed E-state index contributed by atoms with van der Waals surface area (Å²) < 4.78 is 23.6. The van der Waals surface area contributed by atoms with Crippen molar-refractivity contribution in [2.24, 2.45) is 17.8 Å². The van der Waals surface area contributed by atoms with E-state index in [1.807, 2.05) is 50.8 Å². The Balaban J connectivity index is 0.00000500. The molecule has 1 saturated carbocycles. The molecule has 0 radical (unpaired) electrons. The second kappa shape index (κ2) is 13.2. The number of ether oxygens (including phenoxy) is 4. The smallest absolute Gasteiger partial charge is 0.410 e. The maximum atomic E-state index is 13.5. The number of amides is 3. The third kappa shape index (κ3) is 7.73. The van der Waals surface area contributed by atoms with E-state index in [1.54, 1.807) is 25.9 Å².